The van der Waals surface area contributed by atoms with Gasteiger partial charge in [-0.1, -0.05) is 0 Å². The lowest BCUT2D eigenvalue weighted by Gasteiger charge is -2.07. The van der Waals surface area contributed by atoms with Crippen LogP contribution in [-0.2, 0) is 11.3 Å². The highest BCUT2D eigenvalue weighted by atomic mass is 16.4. The van der Waals surface area contributed by atoms with E-state index in [0.29, 0.717) is 6.54 Å². The predicted octanol–water partition coefficient (Wildman–Crippen LogP) is -0.417. The molecule has 0 saturated heterocycles. The molecule has 1 rings (SSSR count). The number of carbonyl (C=O) groups is 1. The highest BCUT2D eigenvalue weighted by Gasteiger charge is 2.09. The Kier molecular flexibility index (Phi) is 4.03. The normalized spacial score (nSPS) is 12.4. The number of aromatic nitrogens is 1. The molecule has 1 aromatic rings. The molecule has 0 saturated carbocycles. The zero-order valence-corrected chi connectivity index (χ0v) is 7.68. The van der Waals surface area contributed by atoms with Crippen molar-refractivity contribution >= 4 is 5.97 Å². The zero-order chi connectivity index (χ0) is 10.4. The molecular formula is C9H13N3O2. The number of nitrogens with two attached hydrogens (primary N) is 1. The van der Waals surface area contributed by atoms with Gasteiger partial charge in [-0.05, 0) is 17.7 Å². The minimum absolute atomic E-state index is 0.262. The average Bonchev–Trinajstić information content (AvgIpc) is 2.19. The molecule has 1 atom stereocenters. The fourth-order valence-corrected chi connectivity index (χ4v) is 0.960. The fourth-order valence-electron chi connectivity index (χ4n) is 0.960. The van der Waals surface area contributed by atoms with Gasteiger partial charge in [-0.15, -0.1) is 0 Å². The van der Waals surface area contributed by atoms with Gasteiger partial charge in [0.25, 0.3) is 0 Å². The predicted molar refractivity (Wildman–Crippen MR) is 51.6 cm³/mol. The van der Waals surface area contributed by atoms with Gasteiger partial charge in [0, 0.05) is 25.5 Å². The summed E-state index contributed by atoms with van der Waals surface area (Å²) in [6, 6.07) is 2.87. The van der Waals surface area contributed by atoms with E-state index in [4.69, 9.17) is 10.8 Å². The molecule has 0 spiro atoms. The molecule has 0 amide bonds. The second-order valence-electron chi connectivity index (χ2n) is 2.93. The third kappa shape index (κ3) is 3.51. The van der Waals surface area contributed by atoms with Crippen LogP contribution in [0.5, 0.6) is 0 Å². The van der Waals surface area contributed by atoms with Crippen molar-refractivity contribution in [2.75, 3.05) is 6.54 Å². The van der Waals surface area contributed by atoms with E-state index in [1.165, 1.54) is 0 Å². The first-order valence-corrected chi connectivity index (χ1v) is 4.28. The van der Waals surface area contributed by atoms with Crippen LogP contribution in [-0.4, -0.2) is 28.6 Å². The Labute approximate surface area is 82.0 Å². The summed E-state index contributed by atoms with van der Waals surface area (Å²) in [7, 11) is 0. The van der Waals surface area contributed by atoms with Crippen molar-refractivity contribution in [1.29, 1.82) is 0 Å². The number of nitrogens with one attached hydrogen (secondary N) is 1. The Morgan fingerprint density at radius 3 is 2.79 bits per heavy atom. The first kappa shape index (κ1) is 10.6. The number of carboxylic acids is 1. The van der Waals surface area contributed by atoms with Gasteiger partial charge in [-0.3, -0.25) is 9.78 Å². The van der Waals surface area contributed by atoms with Crippen molar-refractivity contribution in [2.45, 2.75) is 12.6 Å². The lowest BCUT2D eigenvalue weighted by molar-refractivity contribution is -0.138. The van der Waals surface area contributed by atoms with Gasteiger partial charge in [0.1, 0.15) is 6.04 Å². The molecule has 76 valence electrons. The zero-order valence-electron chi connectivity index (χ0n) is 7.68. The van der Waals surface area contributed by atoms with Crippen LogP contribution in [0.3, 0.4) is 0 Å². The van der Waals surface area contributed by atoms with Crippen LogP contribution in [0.15, 0.2) is 24.5 Å². The summed E-state index contributed by atoms with van der Waals surface area (Å²) >= 11 is 0. The largest absolute Gasteiger partial charge is 0.480 e. The number of nitrogens with zero attached hydrogens (tertiary/aromatic N) is 1. The standard InChI is InChI=1S/C9H13N3O2/c10-8(9(13)14)6-12-5-7-1-3-11-4-2-7/h1-4,8,12H,5-6,10H2,(H,13,14). The van der Waals surface area contributed by atoms with Gasteiger partial charge in [-0.2, -0.15) is 0 Å². The Morgan fingerprint density at radius 2 is 2.21 bits per heavy atom. The van der Waals surface area contributed by atoms with E-state index in [-0.39, 0.29) is 6.54 Å². The van der Waals surface area contributed by atoms with Crippen LogP contribution < -0.4 is 11.1 Å². The molecule has 0 bridgehead atoms. The molecule has 1 unspecified atom stereocenters. The van der Waals surface area contributed by atoms with Crippen LogP contribution in [0.25, 0.3) is 0 Å². The van der Waals surface area contributed by atoms with Crippen LogP contribution in [0.4, 0.5) is 0 Å². The Balaban J connectivity index is 2.26. The number of aliphatic carboxylic acids is 1. The maximum Gasteiger partial charge on any atom is 0.321 e. The molecule has 5 nitrogen and oxygen atoms in total. The first-order chi connectivity index (χ1) is 6.70. The van der Waals surface area contributed by atoms with Crippen LogP contribution >= 0.6 is 0 Å². The van der Waals surface area contributed by atoms with Gasteiger partial charge in [-0.25, -0.2) is 0 Å². The molecule has 0 fully saturated rings. The van der Waals surface area contributed by atoms with Crippen molar-refractivity contribution in [2.24, 2.45) is 5.73 Å². The summed E-state index contributed by atoms with van der Waals surface area (Å²) in [4.78, 5) is 14.2. The van der Waals surface area contributed by atoms with Crippen molar-refractivity contribution in [3.05, 3.63) is 30.1 Å². The van der Waals surface area contributed by atoms with Crippen molar-refractivity contribution < 1.29 is 9.90 Å². The maximum absolute atomic E-state index is 10.4. The molecule has 5 heteroatoms. The van der Waals surface area contributed by atoms with Crippen molar-refractivity contribution in [3.8, 4) is 0 Å². The Hall–Kier alpha value is -1.46. The number of carboxylic acid groups (broad SMARTS) is 1. The van der Waals surface area contributed by atoms with E-state index in [0.717, 1.165) is 5.56 Å². The monoisotopic (exact) mass is 195 g/mol. The van der Waals surface area contributed by atoms with Gasteiger partial charge in [0.15, 0.2) is 0 Å². The molecule has 4 N–H and O–H groups in total. The summed E-state index contributed by atoms with van der Waals surface area (Å²) in [6.07, 6.45) is 3.38. The van der Waals surface area contributed by atoms with Crippen LogP contribution in [0, 0.1) is 0 Å². The molecule has 0 aliphatic rings. The van der Waals surface area contributed by atoms with Gasteiger partial charge in [0.05, 0.1) is 0 Å². The van der Waals surface area contributed by atoms with E-state index in [2.05, 4.69) is 10.3 Å². The van der Waals surface area contributed by atoms with Crippen LogP contribution in [0.2, 0.25) is 0 Å². The molecule has 0 aromatic carbocycles. The average molecular weight is 195 g/mol. The second-order valence-corrected chi connectivity index (χ2v) is 2.93. The van der Waals surface area contributed by atoms with Crippen molar-refractivity contribution in [3.63, 3.8) is 0 Å². The molecule has 0 aliphatic heterocycles. The smallest absolute Gasteiger partial charge is 0.321 e. The van der Waals surface area contributed by atoms with Crippen LogP contribution in [0.1, 0.15) is 5.56 Å². The third-order valence-corrected chi connectivity index (χ3v) is 1.76. The Morgan fingerprint density at radius 1 is 1.57 bits per heavy atom. The highest BCUT2D eigenvalue weighted by molar-refractivity contribution is 5.73. The van der Waals surface area contributed by atoms with E-state index >= 15 is 0 Å². The Bertz CT molecular complexity index is 289. The minimum atomic E-state index is -0.993. The number of hydrogen-bond donors (Lipinski definition) is 3. The summed E-state index contributed by atoms with van der Waals surface area (Å²) in [5.41, 5.74) is 6.36. The van der Waals surface area contributed by atoms with E-state index in [9.17, 15) is 4.79 Å². The fraction of sp³-hybridized carbons (Fsp3) is 0.333. The van der Waals surface area contributed by atoms with E-state index < -0.39 is 12.0 Å². The molecular weight excluding hydrogens is 182 g/mol. The van der Waals surface area contributed by atoms with Gasteiger partial charge in [0.2, 0.25) is 0 Å². The molecule has 14 heavy (non-hydrogen) atoms. The maximum atomic E-state index is 10.4. The van der Waals surface area contributed by atoms with Crippen molar-refractivity contribution in [1.82, 2.24) is 10.3 Å². The molecule has 1 heterocycles. The first-order valence-electron chi connectivity index (χ1n) is 4.28. The number of hydrogen-bond acceptors (Lipinski definition) is 4. The number of pyridine rings is 1. The SMILES string of the molecule is NC(CNCc1ccncc1)C(=O)O. The van der Waals surface area contributed by atoms with E-state index in [1.807, 2.05) is 12.1 Å². The summed E-state index contributed by atoms with van der Waals surface area (Å²) in [5.74, 6) is -0.993. The summed E-state index contributed by atoms with van der Waals surface area (Å²) in [6.45, 7) is 0.862. The lowest BCUT2D eigenvalue weighted by Crippen LogP contribution is -2.40. The molecule has 1 aromatic heterocycles. The molecule has 0 aliphatic carbocycles. The number of rotatable bonds is 5. The van der Waals surface area contributed by atoms with E-state index in [1.54, 1.807) is 12.4 Å². The van der Waals surface area contributed by atoms with Gasteiger partial charge >= 0.3 is 5.97 Å². The van der Waals surface area contributed by atoms with Gasteiger partial charge < -0.3 is 16.2 Å². The summed E-state index contributed by atoms with van der Waals surface area (Å²) < 4.78 is 0. The third-order valence-electron chi connectivity index (χ3n) is 1.76. The highest BCUT2D eigenvalue weighted by Crippen LogP contribution is 1.94. The topological polar surface area (TPSA) is 88.2 Å². The second kappa shape index (κ2) is 5.31. The molecule has 0 radical (unpaired) electrons. The quantitative estimate of drug-likeness (QED) is 0.594. The lowest BCUT2D eigenvalue weighted by atomic mass is 10.2. The summed E-state index contributed by atoms with van der Waals surface area (Å²) in [5, 5.41) is 11.5. The minimum Gasteiger partial charge on any atom is -0.480 e.